The molecular formula is C14H15F2NO. The molecule has 1 aromatic carbocycles. The van der Waals surface area contributed by atoms with E-state index in [9.17, 15) is 13.6 Å². The minimum atomic E-state index is -0.594. The number of benzene rings is 1. The van der Waals surface area contributed by atoms with Crippen molar-refractivity contribution < 1.29 is 13.6 Å². The van der Waals surface area contributed by atoms with E-state index >= 15 is 0 Å². The highest BCUT2D eigenvalue weighted by Gasteiger charge is 2.13. The molecule has 0 spiro atoms. The van der Waals surface area contributed by atoms with Crippen molar-refractivity contribution in [1.29, 1.82) is 0 Å². The molecule has 1 amide bonds. The second-order valence-corrected chi connectivity index (χ2v) is 3.78. The number of amides is 1. The van der Waals surface area contributed by atoms with Crippen molar-refractivity contribution >= 4 is 5.91 Å². The Morgan fingerprint density at radius 1 is 1.33 bits per heavy atom. The monoisotopic (exact) mass is 251 g/mol. The van der Waals surface area contributed by atoms with Gasteiger partial charge in [-0.25, -0.2) is 8.78 Å². The molecule has 0 aliphatic heterocycles. The van der Waals surface area contributed by atoms with Crippen LogP contribution in [0.5, 0.6) is 0 Å². The minimum absolute atomic E-state index is 0.128. The molecule has 0 saturated heterocycles. The lowest BCUT2D eigenvalue weighted by Crippen LogP contribution is -2.25. The van der Waals surface area contributed by atoms with Gasteiger partial charge in [0, 0.05) is 11.6 Å². The smallest absolute Gasteiger partial charge is 0.244 e. The molecule has 0 saturated carbocycles. The van der Waals surface area contributed by atoms with Crippen LogP contribution < -0.4 is 5.32 Å². The number of nitrogens with one attached hydrogen (secondary N) is 1. The molecule has 0 fully saturated rings. The van der Waals surface area contributed by atoms with E-state index in [1.807, 2.05) is 6.92 Å². The second-order valence-electron chi connectivity index (χ2n) is 3.78. The van der Waals surface area contributed by atoms with E-state index in [4.69, 9.17) is 0 Å². The molecule has 2 nitrogen and oxygen atoms in total. The number of carbonyl (C=O) groups excluding carboxylic acids is 1. The van der Waals surface area contributed by atoms with Crippen LogP contribution in [-0.2, 0) is 4.79 Å². The van der Waals surface area contributed by atoms with Crippen LogP contribution in [0.2, 0.25) is 0 Å². The summed E-state index contributed by atoms with van der Waals surface area (Å²) < 4.78 is 26.4. The van der Waals surface area contributed by atoms with E-state index < -0.39 is 17.7 Å². The number of allylic oxidation sites excluding steroid dienone is 3. The average Bonchev–Trinajstić information content (AvgIpc) is 2.32. The van der Waals surface area contributed by atoms with Gasteiger partial charge in [0.2, 0.25) is 5.91 Å². The van der Waals surface area contributed by atoms with Gasteiger partial charge in [0.1, 0.15) is 11.6 Å². The summed E-state index contributed by atoms with van der Waals surface area (Å²) in [4.78, 5) is 11.4. The maximum atomic E-state index is 13.4. The Bertz CT molecular complexity index is 481. The van der Waals surface area contributed by atoms with Crippen molar-refractivity contribution in [2.45, 2.75) is 19.9 Å². The first-order valence-corrected chi connectivity index (χ1v) is 5.59. The number of hydrogen-bond donors (Lipinski definition) is 1. The predicted molar refractivity (Wildman–Crippen MR) is 66.9 cm³/mol. The molecule has 1 rings (SSSR count). The van der Waals surface area contributed by atoms with Crippen molar-refractivity contribution in [1.82, 2.24) is 5.32 Å². The minimum Gasteiger partial charge on any atom is -0.346 e. The Morgan fingerprint density at radius 2 is 2.06 bits per heavy atom. The fraction of sp³-hybridized carbons (Fsp3) is 0.214. The highest BCUT2D eigenvalue weighted by molar-refractivity contribution is 5.88. The van der Waals surface area contributed by atoms with Gasteiger partial charge in [-0.3, -0.25) is 4.79 Å². The molecule has 1 N–H and O–H groups in total. The molecule has 0 aliphatic carbocycles. The van der Waals surface area contributed by atoms with Gasteiger partial charge in [0.25, 0.3) is 0 Å². The summed E-state index contributed by atoms with van der Waals surface area (Å²) in [5.74, 6) is -1.43. The van der Waals surface area contributed by atoms with Crippen LogP contribution in [0.3, 0.4) is 0 Å². The summed E-state index contributed by atoms with van der Waals surface area (Å²) in [7, 11) is 0. The van der Waals surface area contributed by atoms with Gasteiger partial charge in [0.15, 0.2) is 0 Å². The van der Waals surface area contributed by atoms with Crippen LogP contribution in [0.1, 0.15) is 25.5 Å². The molecule has 18 heavy (non-hydrogen) atoms. The first kappa shape index (κ1) is 14.1. The third kappa shape index (κ3) is 4.13. The number of halogens is 2. The van der Waals surface area contributed by atoms with E-state index in [0.717, 1.165) is 18.2 Å². The largest absolute Gasteiger partial charge is 0.346 e. The summed E-state index contributed by atoms with van der Waals surface area (Å²) in [6.45, 7) is 3.42. The molecule has 0 heterocycles. The van der Waals surface area contributed by atoms with Crippen LogP contribution in [-0.4, -0.2) is 5.91 Å². The average molecular weight is 251 g/mol. The topological polar surface area (TPSA) is 29.1 Å². The lowest BCUT2D eigenvalue weighted by Gasteiger charge is -2.13. The van der Waals surface area contributed by atoms with Crippen molar-refractivity contribution in [3.8, 4) is 0 Å². The Labute approximate surface area is 105 Å². The third-order valence-electron chi connectivity index (χ3n) is 2.33. The van der Waals surface area contributed by atoms with E-state index in [1.165, 1.54) is 6.08 Å². The van der Waals surface area contributed by atoms with E-state index in [2.05, 4.69) is 5.32 Å². The maximum Gasteiger partial charge on any atom is 0.244 e. The molecule has 4 heteroatoms. The second kappa shape index (κ2) is 6.69. The Morgan fingerprint density at radius 3 is 2.72 bits per heavy atom. The quantitative estimate of drug-likeness (QED) is 0.645. The first-order valence-electron chi connectivity index (χ1n) is 5.59. The molecule has 0 bridgehead atoms. The van der Waals surface area contributed by atoms with Crippen LogP contribution in [0.15, 0.2) is 42.5 Å². The van der Waals surface area contributed by atoms with E-state index in [0.29, 0.717) is 0 Å². The van der Waals surface area contributed by atoms with Gasteiger partial charge < -0.3 is 5.32 Å². The van der Waals surface area contributed by atoms with E-state index in [1.54, 1.807) is 25.2 Å². The van der Waals surface area contributed by atoms with Gasteiger partial charge in [-0.15, -0.1) is 0 Å². The van der Waals surface area contributed by atoms with E-state index in [-0.39, 0.29) is 11.5 Å². The van der Waals surface area contributed by atoms with Gasteiger partial charge >= 0.3 is 0 Å². The van der Waals surface area contributed by atoms with Crippen molar-refractivity contribution in [3.05, 3.63) is 59.7 Å². The number of rotatable bonds is 4. The van der Waals surface area contributed by atoms with Gasteiger partial charge in [0.05, 0.1) is 6.04 Å². The van der Waals surface area contributed by atoms with Gasteiger partial charge in [-0.2, -0.15) is 0 Å². The Kier molecular flexibility index (Phi) is 5.24. The van der Waals surface area contributed by atoms with Crippen LogP contribution >= 0.6 is 0 Å². The fourth-order valence-corrected chi connectivity index (χ4v) is 1.44. The molecule has 96 valence electrons. The lowest BCUT2D eigenvalue weighted by molar-refractivity contribution is -0.117. The molecular weight excluding hydrogens is 236 g/mol. The number of hydrogen-bond acceptors (Lipinski definition) is 1. The van der Waals surface area contributed by atoms with Crippen molar-refractivity contribution in [2.75, 3.05) is 0 Å². The van der Waals surface area contributed by atoms with Gasteiger partial charge in [-0.05, 0) is 32.0 Å². The normalized spacial score (nSPS) is 13.1. The zero-order valence-electron chi connectivity index (χ0n) is 10.3. The summed E-state index contributed by atoms with van der Waals surface area (Å²) in [6, 6.07) is 2.57. The summed E-state index contributed by atoms with van der Waals surface area (Å²) in [5, 5.41) is 2.56. The van der Waals surface area contributed by atoms with Crippen LogP contribution in [0.25, 0.3) is 0 Å². The lowest BCUT2D eigenvalue weighted by atomic mass is 10.1. The molecule has 0 aromatic heterocycles. The molecule has 1 unspecified atom stereocenters. The maximum absolute atomic E-state index is 13.4. The standard InChI is InChI=1S/C14H15F2NO/c1-3-4-5-6-14(18)17-10(2)12-9-11(15)7-8-13(12)16/h3-10H,1-2H3,(H,17,18)/b4-3+,6-5+. The van der Waals surface area contributed by atoms with Crippen molar-refractivity contribution in [3.63, 3.8) is 0 Å². The first-order chi connectivity index (χ1) is 8.54. The highest BCUT2D eigenvalue weighted by Crippen LogP contribution is 2.17. The predicted octanol–water partition coefficient (Wildman–Crippen LogP) is 3.27. The molecule has 0 aliphatic rings. The third-order valence-corrected chi connectivity index (χ3v) is 2.33. The van der Waals surface area contributed by atoms with Crippen LogP contribution in [0.4, 0.5) is 8.78 Å². The van der Waals surface area contributed by atoms with Crippen LogP contribution in [0, 0.1) is 11.6 Å². The molecule has 1 aromatic rings. The molecule has 0 radical (unpaired) electrons. The highest BCUT2D eigenvalue weighted by atomic mass is 19.1. The zero-order valence-corrected chi connectivity index (χ0v) is 10.3. The van der Waals surface area contributed by atoms with Gasteiger partial charge in [-0.1, -0.05) is 18.2 Å². The molecule has 1 atom stereocenters. The summed E-state index contributed by atoms with van der Waals surface area (Å²) in [5.41, 5.74) is 0.128. The van der Waals surface area contributed by atoms with Crippen molar-refractivity contribution in [2.24, 2.45) is 0 Å². The fourth-order valence-electron chi connectivity index (χ4n) is 1.44. The Hall–Kier alpha value is -1.97. The number of carbonyl (C=O) groups is 1. The Balaban J connectivity index is 2.73. The zero-order chi connectivity index (χ0) is 13.5. The summed E-state index contributed by atoms with van der Waals surface area (Å²) >= 11 is 0. The summed E-state index contributed by atoms with van der Waals surface area (Å²) in [6.07, 6.45) is 6.38. The SMILES string of the molecule is C/C=C/C=C/C(=O)NC(C)c1cc(F)ccc1F.